The van der Waals surface area contributed by atoms with Crippen LogP contribution in [0.15, 0.2) is 11.4 Å². The van der Waals surface area contributed by atoms with Crippen LogP contribution in [0.3, 0.4) is 0 Å². The minimum Gasteiger partial charge on any atom is -0.468 e. The lowest BCUT2D eigenvalue weighted by atomic mass is 10.3. The van der Waals surface area contributed by atoms with Gasteiger partial charge in [-0.1, -0.05) is 11.8 Å². The fourth-order valence-corrected chi connectivity index (χ4v) is 3.09. The van der Waals surface area contributed by atoms with Gasteiger partial charge in [0, 0.05) is 13.6 Å². The van der Waals surface area contributed by atoms with Gasteiger partial charge in [-0.05, 0) is 17.0 Å². The van der Waals surface area contributed by atoms with Crippen molar-refractivity contribution in [3.05, 3.63) is 21.9 Å². The van der Waals surface area contributed by atoms with E-state index in [9.17, 15) is 13.2 Å². The smallest absolute Gasteiger partial charge is 0.322 e. The number of carbonyl (C=O) groups is 1. The third kappa shape index (κ3) is 4.94. The number of ether oxygens (including phenoxy) is 1. The Labute approximate surface area is 122 Å². The summed E-state index contributed by atoms with van der Waals surface area (Å²) in [5.41, 5.74) is 6.09. The maximum absolute atomic E-state index is 11.9. The molecule has 0 aromatic carbocycles. The summed E-state index contributed by atoms with van der Waals surface area (Å²) in [6, 6.07) is 1.80. The Morgan fingerprint density at radius 3 is 2.85 bits per heavy atom. The minimum absolute atomic E-state index is 0.181. The Morgan fingerprint density at radius 2 is 2.25 bits per heavy atom. The van der Waals surface area contributed by atoms with E-state index in [0.29, 0.717) is 0 Å². The number of carbonyl (C=O) groups excluding carboxylic acids is 1. The molecule has 0 amide bonds. The molecular formula is C12H16N2O4S2. The van der Waals surface area contributed by atoms with Gasteiger partial charge in [-0.2, -0.15) is 0 Å². The van der Waals surface area contributed by atoms with E-state index in [2.05, 4.69) is 16.6 Å². The second-order valence-corrected chi connectivity index (χ2v) is 6.90. The molecule has 0 atom stereocenters. The number of hydrogen-bond acceptors (Lipinski definition) is 6. The highest BCUT2D eigenvalue weighted by Crippen LogP contribution is 2.16. The van der Waals surface area contributed by atoms with Crippen LogP contribution in [0.1, 0.15) is 10.4 Å². The highest BCUT2D eigenvalue weighted by molar-refractivity contribution is 7.89. The van der Waals surface area contributed by atoms with Crippen LogP contribution in [0.25, 0.3) is 0 Å². The summed E-state index contributed by atoms with van der Waals surface area (Å²) in [6.45, 7) is 0.459. The monoisotopic (exact) mass is 316 g/mol. The Morgan fingerprint density at radius 1 is 1.55 bits per heavy atom. The summed E-state index contributed by atoms with van der Waals surface area (Å²) < 4.78 is 29.2. The third-order valence-electron chi connectivity index (χ3n) is 2.38. The largest absolute Gasteiger partial charge is 0.468 e. The first-order chi connectivity index (χ1) is 9.39. The first kappa shape index (κ1) is 16.7. The van der Waals surface area contributed by atoms with Gasteiger partial charge in [0.05, 0.1) is 18.5 Å². The Balaban J connectivity index is 2.72. The molecule has 2 N–H and O–H groups in total. The molecule has 0 aliphatic carbocycles. The van der Waals surface area contributed by atoms with Gasteiger partial charge in [0.2, 0.25) is 10.0 Å². The summed E-state index contributed by atoms with van der Waals surface area (Å²) in [6.07, 6.45) is 0. The van der Waals surface area contributed by atoms with E-state index in [0.717, 1.165) is 21.9 Å². The topological polar surface area (TPSA) is 89.7 Å². The zero-order valence-electron chi connectivity index (χ0n) is 11.3. The van der Waals surface area contributed by atoms with Crippen LogP contribution < -0.4 is 5.73 Å². The predicted molar refractivity (Wildman–Crippen MR) is 77.5 cm³/mol. The van der Waals surface area contributed by atoms with Gasteiger partial charge in [-0.3, -0.25) is 4.79 Å². The van der Waals surface area contributed by atoms with Crippen molar-refractivity contribution in [3.63, 3.8) is 0 Å². The van der Waals surface area contributed by atoms with Gasteiger partial charge in [-0.25, -0.2) is 12.7 Å². The summed E-state index contributed by atoms with van der Waals surface area (Å²) in [5.74, 6) is 4.17. The first-order valence-electron chi connectivity index (χ1n) is 5.66. The molecule has 0 aliphatic heterocycles. The number of nitrogens with two attached hydrogens (primary N) is 1. The summed E-state index contributed by atoms with van der Waals surface area (Å²) in [4.78, 5) is 11.9. The number of rotatable bonds is 5. The van der Waals surface area contributed by atoms with E-state index >= 15 is 0 Å². The molecule has 0 spiro atoms. The predicted octanol–water partition coefficient (Wildman–Crippen LogP) is -0.00710. The number of sulfonamides is 1. The van der Waals surface area contributed by atoms with Gasteiger partial charge in [0.25, 0.3) is 0 Å². The number of esters is 1. The minimum atomic E-state index is -3.67. The van der Waals surface area contributed by atoms with E-state index in [1.54, 1.807) is 6.07 Å². The fourth-order valence-electron chi connectivity index (χ4n) is 1.34. The lowest BCUT2D eigenvalue weighted by Crippen LogP contribution is -2.32. The number of methoxy groups -OCH3 is 1. The van der Waals surface area contributed by atoms with Crippen LogP contribution in [0.2, 0.25) is 0 Å². The molecule has 0 saturated carbocycles. The highest BCUT2D eigenvalue weighted by Gasteiger charge is 2.22. The second kappa shape index (κ2) is 7.40. The van der Waals surface area contributed by atoms with Gasteiger partial charge in [0.1, 0.15) is 0 Å². The normalized spacial score (nSPS) is 11.0. The summed E-state index contributed by atoms with van der Waals surface area (Å²) >= 11 is 1.42. The molecule has 0 bridgehead atoms. The van der Waals surface area contributed by atoms with E-state index in [4.69, 9.17) is 5.73 Å². The molecule has 8 heteroatoms. The highest BCUT2D eigenvalue weighted by atomic mass is 32.2. The van der Waals surface area contributed by atoms with Gasteiger partial charge >= 0.3 is 5.97 Å². The first-order valence-corrected chi connectivity index (χ1v) is 8.15. The van der Waals surface area contributed by atoms with Crippen molar-refractivity contribution >= 4 is 27.3 Å². The van der Waals surface area contributed by atoms with Crippen molar-refractivity contribution in [2.45, 2.75) is 6.54 Å². The van der Waals surface area contributed by atoms with Crippen LogP contribution in [0.4, 0.5) is 0 Å². The lowest BCUT2D eigenvalue weighted by molar-refractivity contribution is -0.137. The number of thiophene rings is 1. The van der Waals surface area contributed by atoms with Crippen LogP contribution in [-0.4, -0.2) is 45.1 Å². The Hall–Kier alpha value is -1.40. The average molecular weight is 316 g/mol. The van der Waals surface area contributed by atoms with Gasteiger partial charge < -0.3 is 10.5 Å². The van der Waals surface area contributed by atoms with Crippen molar-refractivity contribution in [3.8, 4) is 11.8 Å². The summed E-state index contributed by atoms with van der Waals surface area (Å²) in [5, 5.41) is 1.82. The maximum Gasteiger partial charge on any atom is 0.322 e. The molecule has 1 aromatic heterocycles. The van der Waals surface area contributed by atoms with Crippen LogP contribution in [0.5, 0.6) is 0 Å². The van der Waals surface area contributed by atoms with Crippen molar-refractivity contribution in [1.82, 2.24) is 4.31 Å². The van der Waals surface area contributed by atoms with Crippen molar-refractivity contribution in [2.75, 3.05) is 26.5 Å². The van der Waals surface area contributed by atoms with Gasteiger partial charge in [0.15, 0.2) is 5.75 Å². The van der Waals surface area contributed by atoms with E-state index in [1.165, 1.54) is 18.4 Å². The molecule has 0 aliphatic rings. The molecular weight excluding hydrogens is 300 g/mol. The van der Waals surface area contributed by atoms with E-state index in [1.807, 2.05) is 5.38 Å². The molecule has 0 radical (unpaired) electrons. The zero-order chi connectivity index (χ0) is 15.2. The van der Waals surface area contributed by atoms with Crippen LogP contribution in [-0.2, 0) is 26.1 Å². The quantitative estimate of drug-likeness (QED) is 0.610. The average Bonchev–Trinajstić information content (AvgIpc) is 2.83. The summed E-state index contributed by atoms with van der Waals surface area (Å²) in [7, 11) is -1.10. The van der Waals surface area contributed by atoms with E-state index < -0.39 is 21.7 Å². The Kier molecular flexibility index (Phi) is 6.16. The molecule has 1 rings (SSSR count). The number of nitrogens with zero attached hydrogens (tertiary/aromatic N) is 1. The molecule has 20 heavy (non-hydrogen) atoms. The zero-order valence-corrected chi connectivity index (χ0v) is 12.9. The second-order valence-electron chi connectivity index (χ2n) is 3.91. The third-order valence-corrected chi connectivity index (χ3v) is 4.95. The van der Waals surface area contributed by atoms with Gasteiger partial charge in [-0.15, -0.1) is 11.3 Å². The SMILES string of the molecule is COC(=O)CS(=O)(=O)N(C)Cc1csc(C#CCN)c1. The van der Waals surface area contributed by atoms with E-state index in [-0.39, 0.29) is 13.1 Å². The molecule has 6 nitrogen and oxygen atoms in total. The van der Waals surface area contributed by atoms with Crippen molar-refractivity contribution in [1.29, 1.82) is 0 Å². The molecule has 0 saturated heterocycles. The number of hydrogen-bond donors (Lipinski definition) is 1. The standard InChI is InChI=1S/C12H16N2O4S2/c1-14(20(16,17)9-12(15)18-2)7-10-6-11(19-8-10)4-3-5-13/h6,8H,5,7,9,13H2,1-2H3. The van der Waals surface area contributed by atoms with Crippen molar-refractivity contribution in [2.24, 2.45) is 5.73 Å². The molecule has 1 aromatic rings. The Bertz CT molecular complexity index is 625. The molecule has 0 fully saturated rings. The lowest BCUT2D eigenvalue weighted by Gasteiger charge is -2.15. The molecule has 1 heterocycles. The molecule has 0 unspecified atom stereocenters. The molecule has 110 valence electrons. The van der Waals surface area contributed by atoms with Crippen LogP contribution >= 0.6 is 11.3 Å². The fraction of sp³-hybridized carbons (Fsp3) is 0.417. The van der Waals surface area contributed by atoms with Crippen LogP contribution in [0, 0.1) is 11.8 Å². The maximum atomic E-state index is 11.9. The van der Waals surface area contributed by atoms with Crippen molar-refractivity contribution < 1.29 is 17.9 Å².